The first kappa shape index (κ1) is 13.8. The summed E-state index contributed by atoms with van der Waals surface area (Å²) < 4.78 is 26.7. The summed E-state index contributed by atoms with van der Waals surface area (Å²) in [7, 11) is -2.11. The average Bonchev–Trinajstić information content (AvgIpc) is 3.19. The van der Waals surface area contributed by atoms with Crippen LogP contribution in [-0.4, -0.2) is 26.9 Å². The van der Waals surface area contributed by atoms with E-state index in [0.717, 1.165) is 12.8 Å². The van der Waals surface area contributed by atoms with Crippen molar-refractivity contribution >= 4 is 21.4 Å². The molecular formula is C11H15N3O4S. The number of rotatable bonds is 6. The van der Waals surface area contributed by atoms with Crippen LogP contribution in [0.15, 0.2) is 23.1 Å². The third-order valence-corrected chi connectivity index (χ3v) is 4.47. The Kier molecular flexibility index (Phi) is 3.72. The molecule has 0 saturated heterocycles. The third kappa shape index (κ3) is 3.21. The average molecular weight is 285 g/mol. The van der Waals surface area contributed by atoms with Gasteiger partial charge < -0.3 is 5.32 Å². The highest BCUT2D eigenvalue weighted by Gasteiger charge is 2.26. The van der Waals surface area contributed by atoms with Gasteiger partial charge in [0.1, 0.15) is 4.90 Å². The lowest BCUT2D eigenvalue weighted by Gasteiger charge is -2.10. The van der Waals surface area contributed by atoms with Crippen molar-refractivity contribution in [1.82, 2.24) is 4.72 Å². The monoisotopic (exact) mass is 285 g/mol. The van der Waals surface area contributed by atoms with Gasteiger partial charge in [-0.2, -0.15) is 0 Å². The zero-order valence-corrected chi connectivity index (χ0v) is 11.2. The van der Waals surface area contributed by atoms with E-state index in [4.69, 9.17) is 0 Å². The van der Waals surface area contributed by atoms with Crippen molar-refractivity contribution in [2.75, 3.05) is 18.9 Å². The fourth-order valence-electron chi connectivity index (χ4n) is 1.69. The number of non-ortho nitro benzene ring substituents is 1. The van der Waals surface area contributed by atoms with Crippen molar-refractivity contribution in [3.8, 4) is 0 Å². The molecular weight excluding hydrogens is 270 g/mol. The molecule has 104 valence electrons. The minimum Gasteiger partial charge on any atom is -0.387 e. The second kappa shape index (κ2) is 5.14. The molecule has 1 aromatic carbocycles. The van der Waals surface area contributed by atoms with Crippen LogP contribution in [0.25, 0.3) is 0 Å². The predicted molar refractivity (Wildman–Crippen MR) is 70.6 cm³/mol. The van der Waals surface area contributed by atoms with Crippen LogP contribution in [0.2, 0.25) is 0 Å². The lowest BCUT2D eigenvalue weighted by Crippen LogP contribution is -2.26. The van der Waals surface area contributed by atoms with E-state index in [1.54, 1.807) is 0 Å². The molecule has 1 aliphatic carbocycles. The van der Waals surface area contributed by atoms with E-state index in [9.17, 15) is 18.5 Å². The number of anilines is 1. The van der Waals surface area contributed by atoms with E-state index in [2.05, 4.69) is 10.0 Å². The number of nitrogens with one attached hydrogen (secondary N) is 2. The standard InChI is InChI=1S/C11H15N3O4S/c1-12-10-6-9(14(15)16)4-5-11(10)19(17,18)13-7-8-2-3-8/h4-6,8,12-13H,2-3,7H2,1H3. The predicted octanol–water partition coefficient (Wildman–Crippen LogP) is 1.32. The van der Waals surface area contributed by atoms with Gasteiger partial charge in [0.05, 0.1) is 10.6 Å². The summed E-state index contributed by atoms with van der Waals surface area (Å²) in [5.74, 6) is 0.422. The number of benzene rings is 1. The summed E-state index contributed by atoms with van der Waals surface area (Å²) >= 11 is 0. The molecule has 0 spiro atoms. The lowest BCUT2D eigenvalue weighted by molar-refractivity contribution is -0.384. The van der Waals surface area contributed by atoms with Crippen molar-refractivity contribution in [1.29, 1.82) is 0 Å². The van der Waals surface area contributed by atoms with Gasteiger partial charge in [-0.05, 0) is 24.8 Å². The molecule has 0 heterocycles. The molecule has 0 aromatic heterocycles. The molecule has 2 rings (SSSR count). The van der Waals surface area contributed by atoms with Crippen molar-refractivity contribution in [3.63, 3.8) is 0 Å². The van der Waals surface area contributed by atoms with Gasteiger partial charge in [-0.15, -0.1) is 0 Å². The molecule has 0 bridgehead atoms. The van der Waals surface area contributed by atoms with Crippen LogP contribution < -0.4 is 10.0 Å². The second-order valence-corrected chi connectivity index (χ2v) is 6.22. The highest BCUT2D eigenvalue weighted by Crippen LogP contribution is 2.29. The fraction of sp³-hybridized carbons (Fsp3) is 0.455. The number of hydrogen-bond acceptors (Lipinski definition) is 5. The Morgan fingerprint density at radius 2 is 2.11 bits per heavy atom. The van der Waals surface area contributed by atoms with Crippen molar-refractivity contribution < 1.29 is 13.3 Å². The Morgan fingerprint density at radius 3 is 2.63 bits per heavy atom. The maximum atomic E-state index is 12.1. The summed E-state index contributed by atoms with van der Waals surface area (Å²) in [6, 6.07) is 3.65. The third-order valence-electron chi connectivity index (χ3n) is 2.99. The number of nitro benzene ring substituents is 1. The van der Waals surface area contributed by atoms with Crippen LogP contribution in [0.4, 0.5) is 11.4 Å². The van der Waals surface area contributed by atoms with Gasteiger partial charge in [-0.25, -0.2) is 13.1 Å². The molecule has 0 unspecified atom stereocenters. The number of sulfonamides is 1. The van der Waals surface area contributed by atoms with Gasteiger partial charge in [0.2, 0.25) is 10.0 Å². The Labute approximate surface area is 111 Å². The minimum atomic E-state index is -3.64. The Balaban J connectivity index is 2.29. The van der Waals surface area contributed by atoms with E-state index in [1.165, 1.54) is 25.2 Å². The Hall–Kier alpha value is -1.67. The van der Waals surface area contributed by atoms with Gasteiger partial charge in [0, 0.05) is 25.7 Å². The fourth-order valence-corrected chi connectivity index (χ4v) is 3.00. The summed E-state index contributed by atoms with van der Waals surface area (Å²) in [5.41, 5.74) is 0.0722. The number of nitrogens with zero attached hydrogens (tertiary/aromatic N) is 1. The van der Waals surface area contributed by atoms with Gasteiger partial charge >= 0.3 is 0 Å². The molecule has 2 N–H and O–H groups in total. The quantitative estimate of drug-likeness (QED) is 0.606. The van der Waals surface area contributed by atoms with Gasteiger partial charge in [-0.3, -0.25) is 10.1 Å². The summed E-state index contributed by atoms with van der Waals surface area (Å²) in [4.78, 5) is 10.1. The number of nitro groups is 1. The van der Waals surface area contributed by atoms with Crippen LogP contribution in [0.5, 0.6) is 0 Å². The largest absolute Gasteiger partial charge is 0.387 e. The van der Waals surface area contributed by atoms with E-state index in [0.29, 0.717) is 12.5 Å². The van der Waals surface area contributed by atoms with E-state index in [1.807, 2.05) is 0 Å². The molecule has 8 heteroatoms. The van der Waals surface area contributed by atoms with Crippen LogP contribution in [-0.2, 0) is 10.0 Å². The molecule has 0 atom stereocenters. The highest BCUT2D eigenvalue weighted by molar-refractivity contribution is 7.89. The Morgan fingerprint density at radius 1 is 1.42 bits per heavy atom. The molecule has 1 saturated carbocycles. The summed E-state index contributed by atoms with van der Waals surface area (Å²) in [6.45, 7) is 0.419. The minimum absolute atomic E-state index is 0.0289. The summed E-state index contributed by atoms with van der Waals surface area (Å²) in [6.07, 6.45) is 2.09. The van der Waals surface area contributed by atoms with Crippen molar-refractivity contribution in [3.05, 3.63) is 28.3 Å². The molecule has 1 aliphatic rings. The van der Waals surface area contributed by atoms with Crippen molar-refractivity contribution in [2.24, 2.45) is 5.92 Å². The second-order valence-electron chi connectivity index (χ2n) is 4.48. The first-order chi connectivity index (χ1) is 8.94. The lowest BCUT2D eigenvalue weighted by atomic mass is 10.3. The summed E-state index contributed by atoms with van der Waals surface area (Å²) in [5, 5.41) is 13.3. The molecule has 0 radical (unpaired) electrons. The molecule has 0 aliphatic heterocycles. The molecule has 0 amide bonds. The molecule has 1 fully saturated rings. The van der Waals surface area contributed by atoms with Gasteiger partial charge in [-0.1, -0.05) is 0 Å². The van der Waals surface area contributed by atoms with E-state index in [-0.39, 0.29) is 16.3 Å². The molecule has 7 nitrogen and oxygen atoms in total. The molecule has 1 aromatic rings. The topological polar surface area (TPSA) is 101 Å². The van der Waals surface area contributed by atoms with Crippen LogP contribution >= 0.6 is 0 Å². The van der Waals surface area contributed by atoms with E-state index < -0.39 is 14.9 Å². The normalized spacial score (nSPS) is 15.2. The Bertz CT molecular complexity index is 596. The zero-order chi connectivity index (χ0) is 14.0. The van der Waals surface area contributed by atoms with Gasteiger partial charge in [0.25, 0.3) is 5.69 Å². The molecule has 19 heavy (non-hydrogen) atoms. The van der Waals surface area contributed by atoms with Gasteiger partial charge in [0.15, 0.2) is 0 Å². The maximum Gasteiger partial charge on any atom is 0.271 e. The van der Waals surface area contributed by atoms with Crippen LogP contribution in [0.3, 0.4) is 0 Å². The first-order valence-electron chi connectivity index (χ1n) is 5.90. The highest BCUT2D eigenvalue weighted by atomic mass is 32.2. The smallest absolute Gasteiger partial charge is 0.271 e. The van der Waals surface area contributed by atoms with Crippen molar-refractivity contribution in [2.45, 2.75) is 17.7 Å². The number of hydrogen-bond donors (Lipinski definition) is 2. The maximum absolute atomic E-state index is 12.1. The van der Waals surface area contributed by atoms with Crippen LogP contribution in [0, 0.1) is 16.0 Å². The van der Waals surface area contributed by atoms with Crippen LogP contribution in [0.1, 0.15) is 12.8 Å². The SMILES string of the molecule is CNc1cc([N+](=O)[O-])ccc1S(=O)(=O)NCC1CC1. The first-order valence-corrected chi connectivity index (χ1v) is 7.38. The zero-order valence-electron chi connectivity index (χ0n) is 10.4. The van der Waals surface area contributed by atoms with E-state index >= 15 is 0 Å².